The first-order valence-corrected chi connectivity index (χ1v) is 10.7. The van der Waals surface area contributed by atoms with E-state index in [0.29, 0.717) is 25.9 Å². The van der Waals surface area contributed by atoms with Crippen LogP contribution in [0.4, 0.5) is 0 Å². The number of H-pyrrole nitrogens is 1. The van der Waals surface area contributed by atoms with Crippen molar-refractivity contribution in [1.82, 2.24) is 25.0 Å². The number of rotatable bonds is 7. The van der Waals surface area contributed by atoms with Gasteiger partial charge in [-0.1, -0.05) is 36.4 Å². The van der Waals surface area contributed by atoms with E-state index < -0.39 is 6.04 Å². The molecule has 7 nitrogen and oxygen atoms in total. The molecule has 2 amide bonds. The number of amides is 2. The van der Waals surface area contributed by atoms with Gasteiger partial charge in [0.15, 0.2) is 0 Å². The summed E-state index contributed by atoms with van der Waals surface area (Å²) in [4.78, 5) is 30.2. The third-order valence-electron chi connectivity index (χ3n) is 5.97. The Balaban J connectivity index is 1.17. The number of hydrogen-bond acceptors (Lipinski definition) is 3. The van der Waals surface area contributed by atoms with Crippen LogP contribution in [0.5, 0.6) is 0 Å². The Morgan fingerprint density at radius 2 is 2.00 bits per heavy atom. The zero-order chi connectivity index (χ0) is 21.2. The summed E-state index contributed by atoms with van der Waals surface area (Å²) in [6, 6.07) is 15.6. The minimum absolute atomic E-state index is 0.0358. The van der Waals surface area contributed by atoms with Crippen LogP contribution in [-0.4, -0.2) is 44.1 Å². The van der Waals surface area contributed by atoms with Gasteiger partial charge in [-0.25, -0.2) is 0 Å². The average molecular weight is 415 g/mol. The van der Waals surface area contributed by atoms with Crippen LogP contribution in [0.1, 0.15) is 24.8 Å². The fourth-order valence-electron chi connectivity index (χ4n) is 4.35. The fraction of sp³-hybridized carbons (Fsp3) is 0.292. The van der Waals surface area contributed by atoms with Crippen molar-refractivity contribution in [2.45, 2.75) is 38.4 Å². The standard InChI is InChI=1S/C24H25N5O2/c30-23-11-10-22(29(23)16-18-14-26-21-9-4-2-7-19(18)21)24(31)25-12-5-13-28-15-17-6-1-3-8-20(17)27-28/h1-4,6-9,14-15,22,26H,5,10-13,16H2,(H,25,31). The SMILES string of the molecule is O=C(NCCCn1cc2ccccc2n1)C1CCC(=O)N1Cc1c[nH]c2ccccc12. The fourth-order valence-corrected chi connectivity index (χ4v) is 4.35. The summed E-state index contributed by atoms with van der Waals surface area (Å²) < 4.78 is 1.92. The number of carbonyl (C=O) groups is 2. The molecule has 1 atom stereocenters. The largest absolute Gasteiger partial charge is 0.361 e. The molecule has 4 aromatic rings. The second-order valence-corrected chi connectivity index (χ2v) is 8.03. The summed E-state index contributed by atoms with van der Waals surface area (Å²) in [5.41, 5.74) is 3.05. The molecule has 0 saturated carbocycles. The van der Waals surface area contributed by atoms with Crippen LogP contribution in [0, 0.1) is 0 Å². The lowest BCUT2D eigenvalue weighted by atomic mass is 10.1. The lowest BCUT2D eigenvalue weighted by Crippen LogP contribution is -2.44. The molecule has 158 valence electrons. The summed E-state index contributed by atoms with van der Waals surface area (Å²) in [5, 5.41) is 9.76. The molecule has 1 unspecified atom stereocenters. The second-order valence-electron chi connectivity index (χ2n) is 8.03. The topological polar surface area (TPSA) is 83.0 Å². The summed E-state index contributed by atoms with van der Waals surface area (Å²) in [5.74, 6) is -0.0371. The Kier molecular flexibility index (Phi) is 5.16. The summed E-state index contributed by atoms with van der Waals surface area (Å²) in [7, 11) is 0. The minimum atomic E-state index is -0.409. The van der Waals surface area contributed by atoms with E-state index in [9.17, 15) is 9.59 Å². The predicted molar refractivity (Wildman–Crippen MR) is 119 cm³/mol. The van der Waals surface area contributed by atoms with Gasteiger partial charge in [0.25, 0.3) is 0 Å². The quantitative estimate of drug-likeness (QED) is 0.455. The van der Waals surface area contributed by atoms with Crippen molar-refractivity contribution in [3.8, 4) is 0 Å². The third kappa shape index (κ3) is 3.91. The van der Waals surface area contributed by atoms with Gasteiger partial charge in [-0.15, -0.1) is 0 Å². The highest BCUT2D eigenvalue weighted by atomic mass is 16.2. The van der Waals surface area contributed by atoms with Gasteiger partial charge in [0, 0.05) is 54.7 Å². The van der Waals surface area contributed by atoms with Crippen molar-refractivity contribution in [1.29, 1.82) is 0 Å². The maximum absolute atomic E-state index is 12.8. The Labute approximate surface area is 180 Å². The lowest BCUT2D eigenvalue weighted by molar-refractivity contribution is -0.135. The molecule has 1 aliphatic heterocycles. The number of hydrogen-bond donors (Lipinski definition) is 2. The highest BCUT2D eigenvalue weighted by molar-refractivity contribution is 5.91. The molecule has 2 aromatic carbocycles. The molecule has 1 fully saturated rings. The molecule has 1 saturated heterocycles. The average Bonchev–Trinajstić information content (AvgIpc) is 3.49. The number of fused-ring (bicyclic) bond motifs is 2. The van der Waals surface area contributed by atoms with E-state index in [1.54, 1.807) is 4.90 Å². The molecule has 0 aliphatic carbocycles. The van der Waals surface area contributed by atoms with E-state index in [-0.39, 0.29) is 11.8 Å². The van der Waals surface area contributed by atoms with Crippen molar-refractivity contribution in [3.05, 3.63) is 66.5 Å². The van der Waals surface area contributed by atoms with Gasteiger partial charge in [0.1, 0.15) is 6.04 Å². The van der Waals surface area contributed by atoms with Crippen molar-refractivity contribution in [2.75, 3.05) is 6.54 Å². The van der Waals surface area contributed by atoms with Gasteiger partial charge in [-0.05, 0) is 30.5 Å². The highest BCUT2D eigenvalue weighted by Crippen LogP contribution is 2.25. The number of benzene rings is 2. The van der Waals surface area contributed by atoms with Gasteiger partial charge in [-0.2, -0.15) is 5.10 Å². The number of nitrogens with one attached hydrogen (secondary N) is 2. The van der Waals surface area contributed by atoms with Crippen LogP contribution in [-0.2, 0) is 22.7 Å². The molecule has 1 aliphatic rings. The minimum Gasteiger partial charge on any atom is -0.361 e. The monoisotopic (exact) mass is 415 g/mol. The second kappa shape index (κ2) is 8.26. The van der Waals surface area contributed by atoms with E-state index >= 15 is 0 Å². The van der Waals surface area contributed by atoms with Gasteiger partial charge in [0.2, 0.25) is 11.8 Å². The van der Waals surface area contributed by atoms with Gasteiger partial charge in [-0.3, -0.25) is 14.3 Å². The summed E-state index contributed by atoms with van der Waals surface area (Å²) >= 11 is 0. The normalized spacial score (nSPS) is 16.5. The Morgan fingerprint density at radius 1 is 1.16 bits per heavy atom. The number of likely N-dealkylation sites (tertiary alicyclic amines) is 1. The molecule has 2 N–H and O–H groups in total. The van der Waals surface area contributed by atoms with E-state index in [1.165, 1.54) is 0 Å². The number of para-hydroxylation sites is 1. The van der Waals surface area contributed by atoms with Crippen LogP contribution in [0.2, 0.25) is 0 Å². The molecule has 0 bridgehead atoms. The zero-order valence-electron chi connectivity index (χ0n) is 17.3. The van der Waals surface area contributed by atoms with Crippen LogP contribution in [0.25, 0.3) is 21.8 Å². The smallest absolute Gasteiger partial charge is 0.242 e. The van der Waals surface area contributed by atoms with Crippen molar-refractivity contribution in [2.24, 2.45) is 0 Å². The molecule has 5 rings (SSSR count). The lowest BCUT2D eigenvalue weighted by Gasteiger charge is -2.24. The van der Waals surface area contributed by atoms with E-state index in [4.69, 9.17) is 0 Å². The predicted octanol–water partition coefficient (Wildman–Crippen LogP) is 3.22. The van der Waals surface area contributed by atoms with Gasteiger partial charge >= 0.3 is 0 Å². The summed E-state index contributed by atoms with van der Waals surface area (Å²) in [6.45, 7) is 1.74. The third-order valence-corrected chi connectivity index (χ3v) is 5.97. The number of carbonyl (C=O) groups excluding carboxylic acids is 2. The molecule has 7 heteroatoms. The molecule has 3 heterocycles. The first kappa shape index (κ1) is 19.4. The Bertz CT molecular complexity index is 1210. The van der Waals surface area contributed by atoms with Gasteiger partial charge in [0.05, 0.1) is 5.52 Å². The molecular formula is C24H25N5O2. The number of aromatic nitrogens is 3. The van der Waals surface area contributed by atoms with Crippen molar-refractivity contribution in [3.63, 3.8) is 0 Å². The van der Waals surface area contributed by atoms with Gasteiger partial charge < -0.3 is 15.2 Å². The van der Waals surface area contributed by atoms with E-state index in [1.807, 2.05) is 65.6 Å². The van der Waals surface area contributed by atoms with Crippen LogP contribution >= 0.6 is 0 Å². The number of aryl methyl sites for hydroxylation is 1. The maximum atomic E-state index is 12.8. The van der Waals surface area contributed by atoms with Crippen LogP contribution < -0.4 is 5.32 Å². The van der Waals surface area contributed by atoms with Crippen molar-refractivity contribution < 1.29 is 9.59 Å². The zero-order valence-corrected chi connectivity index (χ0v) is 17.3. The molecular weight excluding hydrogens is 390 g/mol. The van der Waals surface area contributed by atoms with Crippen LogP contribution in [0.15, 0.2) is 60.9 Å². The highest BCUT2D eigenvalue weighted by Gasteiger charge is 2.36. The van der Waals surface area contributed by atoms with Crippen LogP contribution in [0.3, 0.4) is 0 Å². The summed E-state index contributed by atoms with van der Waals surface area (Å²) in [6.07, 6.45) is 5.72. The van der Waals surface area contributed by atoms with Crippen molar-refractivity contribution >= 4 is 33.6 Å². The molecule has 0 spiro atoms. The molecule has 0 radical (unpaired) electrons. The number of nitrogens with zero attached hydrogens (tertiary/aromatic N) is 3. The molecule has 2 aromatic heterocycles. The maximum Gasteiger partial charge on any atom is 0.242 e. The Morgan fingerprint density at radius 3 is 2.90 bits per heavy atom. The first-order valence-electron chi connectivity index (χ1n) is 10.7. The Hall–Kier alpha value is -3.61. The first-order chi connectivity index (χ1) is 15.2. The molecule has 31 heavy (non-hydrogen) atoms. The van der Waals surface area contributed by atoms with E-state index in [0.717, 1.165) is 40.3 Å². The number of aromatic amines is 1. The van der Waals surface area contributed by atoms with E-state index in [2.05, 4.69) is 15.4 Å².